The summed E-state index contributed by atoms with van der Waals surface area (Å²) in [6.07, 6.45) is 2.13. The topological polar surface area (TPSA) is 49.8 Å². The number of rotatable bonds is 2. The van der Waals surface area contributed by atoms with Crippen molar-refractivity contribution in [2.24, 2.45) is 17.6 Å². The molecular weight excluding hydrogens is 136 g/mol. The molecule has 1 aliphatic rings. The van der Waals surface area contributed by atoms with Crippen LogP contribution in [0.5, 0.6) is 0 Å². The second kappa shape index (κ2) is 3.71. The van der Waals surface area contributed by atoms with Gasteiger partial charge in [-0.2, -0.15) is 5.26 Å². The van der Waals surface area contributed by atoms with Gasteiger partial charge >= 0.3 is 0 Å². The van der Waals surface area contributed by atoms with Crippen molar-refractivity contribution in [3.05, 3.63) is 0 Å². The second-order valence-corrected chi connectivity index (χ2v) is 2.31. The van der Waals surface area contributed by atoms with Gasteiger partial charge in [-0.05, 0) is 25.3 Å². The first-order valence-corrected chi connectivity index (χ1v) is 2.98. The summed E-state index contributed by atoms with van der Waals surface area (Å²) in [4.78, 5) is 0. The van der Waals surface area contributed by atoms with E-state index < -0.39 is 0 Å². The Hall–Kier alpha value is -0.260. The third-order valence-electron chi connectivity index (χ3n) is 1.63. The van der Waals surface area contributed by atoms with Crippen LogP contribution in [0.25, 0.3) is 0 Å². The van der Waals surface area contributed by atoms with Gasteiger partial charge in [-0.3, -0.25) is 0 Å². The van der Waals surface area contributed by atoms with Crippen LogP contribution in [0.15, 0.2) is 0 Å². The molecule has 2 atom stereocenters. The Morgan fingerprint density at radius 3 is 2.67 bits per heavy atom. The molecular formula is C6H11ClN2. The summed E-state index contributed by atoms with van der Waals surface area (Å²) in [5.74, 6) is 0.989. The Bertz CT molecular complexity index is 119. The third kappa shape index (κ3) is 2.21. The van der Waals surface area contributed by atoms with Gasteiger partial charge in [-0.1, -0.05) is 0 Å². The normalized spacial score (nSPS) is 30.2. The van der Waals surface area contributed by atoms with E-state index in [1.165, 1.54) is 0 Å². The van der Waals surface area contributed by atoms with Crippen LogP contribution in [-0.4, -0.2) is 6.54 Å². The lowest BCUT2D eigenvalue weighted by Gasteiger charge is -1.85. The van der Waals surface area contributed by atoms with Gasteiger partial charge in [-0.25, -0.2) is 0 Å². The second-order valence-electron chi connectivity index (χ2n) is 2.31. The molecule has 2 nitrogen and oxygen atoms in total. The monoisotopic (exact) mass is 146 g/mol. The van der Waals surface area contributed by atoms with Gasteiger partial charge in [0, 0.05) is 5.92 Å². The van der Waals surface area contributed by atoms with Crippen LogP contribution in [0.3, 0.4) is 0 Å². The lowest BCUT2D eigenvalue weighted by atomic mass is 10.2. The summed E-state index contributed by atoms with van der Waals surface area (Å²) < 4.78 is 0. The van der Waals surface area contributed by atoms with Crippen molar-refractivity contribution in [1.29, 1.82) is 5.26 Å². The van der Waals surface area contributed by atoms with Crippen LogP contribution in [-0.2, 0) is 0 Å². The lowest BCUT2D eigenvalue weighted by Crippen LogP contribution is -1.99. The first kappa shape index (κ1) is 8.74. The first-order valence-electron chi connectivity index (χ1n) is 2.98. The molecule has 0 heterocycles. The summed E-state index contributed by atoms with van der Waals surface area (Å²) in [5.41, 5.74) is 5.28. The molecule has 0 aliphatic heterocycles. The zero-order valence-corrected chi connectivity index (χ0v) is 6.03. The van der Waals surface area contributed by atoms with Crippen LogP contribution >= 0.6 is 12.4 Å². The average molecular weight is 147 g/mol. The van der Waals surface area contributed by atoms with E-state index in [0.717, 1.165) is 19.4 Å². The average Bonchev–Trinajstić information content (AvgIpc) is 2.48. The summed E-state index contributed by atoms with van der Waals surface area (Å²) in [5, 5.41) is 8.31. The smallest absolute Gasteiger partial charge is 0.0658 e. The molecule has 1 fully saturated rings. The predicted molar refractivity (Wildman–Crippen MR) is 38.1 cm³/mol. The van der Waals surface area contributed by atoms with Gasteiger partial charge < -0.3 is 5.73 Å². The summed E-state index contributed by atoms with van der Waals surface area (Å²) in [7, 11) is 0. The zero-order valence-electron chi connectivity index (χ0n) is 5.21. The summed E-state index contributed by atoms with van der Waals surface area (Å²) in [6, 6.07) is 2.22. The van der Waals surface area contributed by atoms with Crippen molar-refractivity contribution < 1.29 is 0 Å². The largest absolute Gasteiger partial charge is 0.330 e. The van der Waals surface area contributed by atoms with Crippen LogP contribution in [0.2, 0.25) is 0 Å². The molecule has 0 aromatic carbocycles. The Kier molecular flexibility index (Phi) is 3.60. The number of halogens is 1. The van der Waals surface area contributed by atoms with E-state index >= 15 is 0 Å². The van der Waals surface area contributed by atoms with Crippen LogP contribution < -0.4 is 5.73 Å². The summed E-state index contributed by atoms with van der Waals surface area (Å²) in [6.45, 7) is 0.739. The van der Waals surface area contributed by atoms with Crippen molar-refractivity contribution in [2.75, 3.05) is 6.54 Å². The van der Waals surface area contributed by atoms with Crippen molar-refractivity contribution in [3.8, 4) is 6.07 Å². The van der Waals surface area contributed by atoms with E-state index in [9.17, 15) is 0 Å². The molecule has 9 heavy (non-hydrogen) atoms. The summed E-state index contributed by atoms with van der Waals surface area (Å²) >= 11 is 0. The molecule has 0 aromatic rings. The molecule has 3 heteroatoms. The molecule has 1 saturated carbocycles. The fraction of sp³-hybridized carbons (Fsp3) is 0.833. The Morgan fingerprint density at radius 2 is 2.33 bits per heavy atom. The molecule has 1 aliphatic carbocycles. The predicted octanol–water partition coefficient (Wildman–Crippen LogP) is 0.917. The van der Waals surface area contributed by atoms with Gasteiger partial charge in [0.25, 0.3) is 0 Å². The van der Waals surface area contributed by atoms with Crippen molar-refractivity contribution in [1.82, 2.24) is 0 Å². The number of nitrogens with zero attached hydrogens (tertiary/aromatic N) is 1. The fourth-order valence-electron chi connectivity index (χ4n) is 0.939. The van der Waals surface area contributed by atoms with E-state index in [1.807, 2.05) is 0 Å². The highest BCUT2D eigenvalue weighted by molar-refractivity contribution is 5.85. The first-order chi connectivity index (χ1) is 3.88. The fourth-order valence-corrected chi connectivity index (χ4v) is 0.939. The van der Waals surface area contributed by atoms with Gasteiger partial charge in [0.05, 0.1) is 6.07 Å². The van der Waals surface area contributed by atoms with Crippen LogP contribution in [0.4, 0.5) is 0 Å². The van der Waals surface area contributed by atoms with E-state index in [2.05, 4.69) is 6.07 Å². The van der Waals surface area contributed by atoms with Crippen LogP contribution in [0, 0.1) is 23.2 Å². The minimum absolute atomic E-state index is 0. The minimum atomic E-state index is 0. The third-order valence-corrected chi connectivity index (χ3v) is 1.63. The van der Waals surface area contributed by atoms with E-state index in [0.29, 0.717) is 11.8 Å². The van der Waals surface area contributed by atoms with Crippen LogP contribution in [0.1, 0.15) is 12.8 Å². The molecule has 0 radical (unpaired) electrons. The van der Waals surface area contributed by atoms with E-state index in [-0.39, 0.29) is 12.4 Å². The Balaban J connectivity index is 0.000000640. The van der Waals surface area contributed by atoms with Gasteiger partial charge in [0.2, 0.25) is 0 Å². The molecule has 0 amide bonds. The van der Waals surface area contributed by atoms with Gasteiger partial charge in [0.1, 0.15) is 0 Å². The molecule has 2 N–H and O–H groups in total. The molecule has 0 aromatic heterocycles. The quantitative estimate of drug-likeness (QED) is 0.630. The van der Waals surface area contributed by atoms with Gasteiger partial charge in [-0.15, -0.1) is 12.4 Å². The Labute approximate surface area is 61.4 Å². The molecule has 2 unspecified atom stereocenters. The SMILES string of the molecule is Cl.N#CC1CC1CCN. The molecule has 52 valence electrons. The molecule has 1 rings (SSSR count). The van der Waals surface area contributed by atoms with Crippen molar-refractivity contribution in [2.45, 2.75) is 12.8 Å². The highest BCUT2D eigenvalue weighted by atomic mass is 35.5. The van der Waals surface area contributed by atoms with Crippen molar-refractivity contribution in [3.63, 3.8) is 0 Å². The van der Waals surface area contributed by atoms with E-state index in [1.54, 1.807) is 0 Å². The maximum Gasteiger partial charge on any atom is 0.0658 e. The number of hydrogen-bond acceptors (Lipinski definition) is 2. The highest BCUT2D eigenvalue weighted by Gasteiger charge is 2.35. The molecule has 0 spiro atoms. The number of nitrogens with two attached hydrogens (primary N) is 1. The van der Waals surface area contributed by atoms with E-state index in [4.69, 9.17) is 11.0 Å². The Morgan fingerprint density at radius 1 is 1.67 bits per heavy atom. The maximum absolute atomic E-state index is 8.31. The van der Waals surface area contributed by atoms with Gasteiger partial charge in [0.15, 0.2) is 0 Å². The van der Waals surface area contributed by atoms with Crippen molar-refractivity contribution >= 4 is 12.4 Å². The zero-order chi connectivity index (χ0) is 5.98. The molecule has 0 saturated heterocycles. The minimum Gasteiger partial charge on any atom is -0.330 e. The maximum atomic E-state index is 8.31. The highest BCUT2D eigenvalue weighted by Crippen LogP contribution is 2.39. The number of hydrogen-bond donors (Lipinski definition) is 1. The number of nitriles is 1. The molecule has 0 bridgehead atoms. The lowest BCUT2D eigenvalue weighted by molar-refractivity contribution is 0.710. The standard InChI is InChI=1S/C6H10N2.ClH/c7-2-1-5-3-6(5)4-8;/h5-6H,1-3,7H2;1H.